The Morgan fingerprint density at radius 1 is 1.26 bits per heavy atom. The summed E-state index contributed by atoms with van der Waals surface area (Å²) in [7, 11) is -1.66. The number of rotatable bonds is 4. The van der Waals surface area contributed by atoms with Gasteiger partial charge in [0.05, 0.1) is 11.4 Å². The molecule has 1 aromatic heterocycles. The number of nitrogens with zero attached hydrogens (tertiary/aromatic N) is 1. The molecule has 0 saturated heterocycles. The molecule has 0 saturated carbocycles. The highest BCUT2D eigenvalue weighted by molar-refractivity contribution is 9.11. The zero-order chi connectivity index (χ0) is 14.0. The van der Waals surface area contributed by atoms with Gasteiger partial charge in [0.15, 0.2) is 0 Å². The number of benzene rings is 1. The molecule has 4 nitrogen and oxygen atoms in total. The number of nitrogens with one attached hydrogen (secondary N) is 1. The number of hydrogen-bond donors (Lipinski definition) is 1. The highest BCUT2D eigenvalue weighted by Crippen LogP contribution is 2.25. The van der Waals surface area contributed by atoms with Crippen LogP contribution in [0.4, 0.5) is 0 Å². The van der Waals surface area contributed by atoms with E-state index in [1.807, 2.05) is 29.9 Å². The predicted octanol–water partition coefficient (Wildman–Crippen LogP) is 3.03. The molecule has 0 bridgehead atoms. The molecule has 2 rings (SSSR count). The van der Waals surface area contributed by atoms with Crippen molar-refractivity contribution in [3.8, 4) is 0 Å². The summed E-state index contributed by atoms with van der Waals surface area (Å²) >= 11 is 6.56. The second-order valence-corrected chi connectivity index (χ2v) is 7.52. The van der Waals surface area contributed by atoms with Crippen molar-refractivity contribution in [2.24, 2.45) is 7.05 Å². The highest BCUT2D eigenvalue weighted by atomic mass is 79.9. The summed E-state index contributed by atoms with van der Waals surface area (Å²) in [6.45, 7) is 0.258. The zero-order valence-corrected chi connectivity index (χ0v) is 14.1. The summed E-state index contributed by atoms with van der Waals surface area (Å²) in [6, 6.07) is 8.71. The third-order valence-electron chi connectivity index (χ3n) is 2.68. The van der Waals surface area contributed by atoms with Crippen LogP contribution >= 0.6 is 31.9 Å². The van der Waals surface area contributed by atoms with Crippen LogP contribution in [0.5, 0.6) is 0 Å². The van der Waals surface area contributed by atoms with E-state index in [9.17, 15) is 8.42 Å². The molecule has 0 fully saturated rings. The fourth-order valence-electron chi connectivity index (χ4n) is 1.62. The molecule has 2 aromatic rings. The summed E-state index contributed by atoms with van der Waals surface area (Å²) in [6.07, 6.45) is 1.87. The van der Waals surface area contributed by atoms with E-state index in [1.165, 1.54) is 0 Å². The van der Waals surface area contributed by atoms with E-state index in [0.717, 1.165) is 10.2 Å². The topological polar surface area (TPSA) is 51.1 Å². The Balaban J connectivity index is 2.21. The quantitative estimate of drug-likeness (QED) is 0.846. The SMILES string of the molecule is Cn1cccc1CNS(=O)(=O)c1ccc(Br)cc1Br. The Bertz CT molecular complexity index is 696. The van der Waals surface area contributed by atoms with Gasteiger partial charge in [-0.3, -0.25) is 0 Å². The lowest BCUT2D eigenvalue weighted by atomic mass is 10.4. The van der Waals surface area contributed by atoms with Crippen molar-refractivity contribution >= 4 is 41.9 Å². The summed E-state index contributed by atoms with van der Waals surface area (Å²) in [5.41, 5.74) is 0.900. The molecule has 1 aromatic carbocycles. The first-order valence-electron chi connectivity index (χ1n) is 5.45. The lowest BCUT2D eigenvalue weighted by Gasteiger charge is -2.09. The average molecular weight is 408 g/mol. The second kappa shape index (κ2) is 5.78. The van der Waals surface area contributed by atoms with Gasteiger partial charge in [0.1, 0.15) is 0 Å². The van der Waals surface area contributed by atoms with Crippen LogP contribution in [0.15, 0.2) is 50.4 Å². The summed E-state index contributed by atoms with van der Waals surface area (Å²) in [5.74, 6) is 0. The van der Waals surface area contributed by atoms with Crippen LogP contribution in [-0.2, 0) is 23.6 Å². The highest BCUT2D eigenvalue weighted by Gasteiger charge is 2.17. The van der Waals surface area contributed by atoms with Crippen LogP contribution in [0.25, 0.3) is 0 Å². The molecule has 102 valence electrons. The normalized spacial score (nSPS) is 11.7. The Morgan fingerprint density at radius 3 is 2.58 bits per heavy atom. The molecule has 0 amide bonds. The van der Waals surface area contributed by atoms with E-state index in [4.69, 9.17) is 0 Å². The monoisotopic (exact) mass is 406 g/mol. The molecule has 0 radical (unpaired) electrons. The van der Waals surface area contributed by atoms with Gasteiger partial charge in [0.25, 0.3) is 0 Å². The van der Waals surface area contributed by atoms with Crippen molar-refractivity contribution in [3.05, 3.63) is 51.2 Å². The van der Waals surface area contributed by atoms with Crippen molar-refractivity contribution in [2.75, 3.05) is 0 Å². The maximum Gasteiger partial charge on any atom is 0.242 e. The molecule has 0 aliphatic rings. The van der Waals surface area contributed by atoms with Gasteiger partial charge in [0.2, 0.25) is 10.0 Å². The predicted molar refractivity (Wildman–Crippen MR) is 81.3 cm³/mol. The van der Waals surface area contributed by atoms with Crippen LogP contribution in [0.3, 0.4) is 0 Å². The van der Waals surface area contributed by atoms with E-state index in [0.29, 0.717) is 4.47 Å². The smallest absolute Gasteiger partial charge is 0.242 e. The first kappa shape index (κ1) is 14.8. The zero-order valence-electron chi connectivity index (χ0n) is 10.1. The van der Waals surface area contributed by atoms with Gasteiger partial charge in [-0.25, -0.2) is 13.1 Å². The molecule has 0 aliphatic carbocycles. The maximum absolute atomic E-state index is 12.2. The molecule has 1 heterocycles. The van der Waals surface area contributed by atoms with Crippen LogP contribution in [-0.4, -0.2) is 13.0 Å². The lowest BCUT2D eigenvalue weighted by molar-refractivity contribution is 0.578. The number of aromatic nitrogens is 1. The number of hydrogen-bond acceptors (Lipinski definition) is 2. The van der Waals surface area contributed by atoms with Gasteiger partial charge in [-0.2, -0.15) is 0 Å². The lowest BCUT2D eigenvalue weighted by Crippen LogP contribution is -2.24. The Hall–Kier alpha value is -0.630. The Labute approximate surface area is 129 Å². The first-order chi connectivity index (χ1) is 8.90. The van der Waals surface area contributed by atoms with E-state index in [1.54, 1.807) is 18.2 Å². The molecule has 0 unspecified atom stereocenters. The third kappa shape index (κ3) is 3.47. The van der Waals surface area contributed by atoms with Gasteiger partial charge in [0, 0.05) is 27.9 Å². The van der Waals surface area contributed by atoms with Gasteiger partial charge in [-0.1, -0.05) is 15.9 Å². The van der Waals surface area contributed by atoms with Crippen LogP contribution in [0.2, 0.25) is 0 Å². The summed E-state index contributed by atoms with van der Waals surface area (Å²) in [4.78, 5) is 0.227. The van der Waals surface area contributed by atoms with Crippen molar-refractivity contribution in [1.82, 2.24) is 9.29 Å². The van der Waals surface area contributed by atoms with Crippen LogP contribution in [0, 0.1) is 0 Å². The van der Waals surface area contributed by atoms with Crippen molar-refractivity contribution in [1.29, 1.82) is 0 Å². The Kier molecular flexibility index (Phi) is 4.50. The van der Waals surface area contributed by atoms with Crippen LogP contribution in [0.1, 0.15) is 5.69 Å². The van der Waals surface area contributed by atoms with Crippen molar-refractivity contribution < 1.29 is 8.42 Å². The number of sulfonamides is 1. The molecule has 0 atom stereocenters. The van der Waals surface area contributed by atoms with Crippen LogP contribution < -0.4 is 4.72 Å². The third-order valence-corrected chi connectivity index (χ3v) is 5.55. The number of halogens is 2. The standard InChI is InChI=1S/C12H12Br2N2O2S/c1-16-6-2-3-10(16)8-15-19(17,18)12-5-4-9(13)7-11(12)14/h2-7,15H,8H2,1H3. The second-order valence-electron chi connectivity index (χ2n) is 4.01. The van der Waals surface area contributed by atoms with Gasteiger partial charge in [-0.15, -0.1) is 0 Å². The van der Waals surface area contributed by atoms with Crippen molar-refractivity contribution in [3.63, 3.8) is 0 Å². The molecular formula is C12H12Br2N2O2S. The molecule has 7 heteroatoms. The molecule has 0 spiro atoms. The van der Waals surface area contributed by atoms with Crippen molar-refractivity contribution in [2.45, 2.75) is 11.4 Å². The van der Waals surface area contributed by atoms with E-state index < -0.39 is 10.0 Å². The molecule has 0 aliphatic heterocycles. The summed E-state index contributed by atoms with van der Waals surface area (Å²) < 4.78 is 30.2. The van der Waals surface area contributed by atoms with E-state index >= 15 is 0 Å². The maximum atomic E-state index is 12.2. The van der Waals surface area contributed by atoms with Gasteiger partial charge >= 0.3 is 0 Å². The summed E-state index contributed by atoms with van der Waals surface area (Å²) in [5, 5.41) is 0. The average Bonchev–Trinajstić information content (AvgIpc) is 2.72. The number of aryl methyl sites for hydroxylation is 1. The van der Waals surface area contributed by atoms with E-state index in [-0.39, 0.29) is 11.4 Å². The largest absolute Gasteiger partial charge is 0.353 e. The molecule has 19 heavy (non-hydrogen) atoms. The Morgan fingerprint density at radius 2 is 2.00 bits per heavy atom. The minimum atomic E-state index is -3.53. The molecule has 1 N–H and O–H groups in total. The van der Waals surface area contributed by atoms with Gasteiger partial charge < -0.3 is 4.57 Å². The fourth-order valence-corrected chi connectivity index (χ4v) is 4.36. The minimum Gasteiger partial charge on any atom is -0.353 e. The molecular weight excluding hydrogens is 396 g/mol. The van der Waals surface area contributed by atoms with E-state index in [2.05, 4.69) is 36.6 Å². The minimum absolute atomic E-state index is 0.227. The fraction of sp³-hybridized carbons (Fsp3) is 0.167. The first-order valence-corrected chi connectivity index (χ1v) is 8.52. The van der Waals surface area contributed by atoms with Gasteiger partial charge in [-0.05, 0) is 46.3 Å².